The number of nitro groups is 1. The van der Waals surface area contributed by atoms with Crippen LogP contribution in [0.3, 0.4) is 0 Å². The smallest absolute Gasteiger partial charge is 0.333 e. The fourth-order valence-electron chi connectivity index (χ4n) is 1.50. The van der Waals surface area contributed by atoms with Gasteiger partial charge < -0.3 is 10.4 Å². The molecule has 5 nitrogen and oxygen atoms in total. The molecule has 5 heteroatoms. The van der Waals surface area contributed by atoms with Crippen molar-refractivity contribution in [2.75, 3.05) is 5.32 Å². The SMILES string of the molecule is O=[N+]([O-])c1c(O)cccc1Nc1ccccc1. The number of phenolic OH excluding ortho intramolecular Hbond substituents is 1. The first-order valence-electron chi connectivity index (χ1n) is 4.97. The largest absolute Gasteiger partial charge is 0.502 e. The highest BCUT2D eigenvalue weighted by Gasteiger charge is 2.18. The molecule has 0 unspecified atom stereocenters. The molecule has 2 aromatic rings. The summed E-state index contributed by atoms with van der Waals surface area (Å²) < 4.78 is 0. The molecular formula is C12H10N2O3. The normalized spacial score (nSPS) is 9.88. The van der Waals surface area contributed by atoms with Gasteiger partial charge in [0.1, 0.15) is 5.69 Å². The van der Waals surface area contributed by atoms with Crippen molar-refractivity contribution >= 4 is 17.1 Å². The van der Waals surface area contributed by atoms with E-state index in [4.69, 9.17) is 0 Å². The van der Waals surface area contributed by atoms with E-state index in [-0.39, 0.29) is 17.1 Å². The Morgan fingerprint density at radius 3 is 2.41 bits per heavy atom. The summed E-state index contributed by atoms with van der Waals surface area (Å²) in [4.78, 5) is 10.2. The Labute approximate surface area is 97.5 Å². The summed E-state index contributed by atoms with van der Waals surface area (Å²) in [7, 11) is 0. The maximum Gasteiger partial charge on any atom is 0.333 e. The van der Waals surface area contributed by atoms with E-state index in [1.165, 1.54) is 6.07 Å². The highest BCUT2D eigenvalue weighted by molar-refractivity contribution is 5.73. The second kappa shape index (κ2) is 4.52. The van der Waals surface area contributed by atoms with Crippen molar-refractivity contribution in [2.45, 2.75) is 0 Å². The van der Waals surface area contributed by atoms with Crippen molar-refractivity contribution in [3.05, 3.63) is 58.6 Å². The number of nitrogens with one attached hydrogen (secondary N) is 1. The maximum atomic E-state index is 10.8. The van der Waals surface area contributed by atoms with Gasteiger partial charge in [-0.2, -0.15) is 0 Å². The first kappa shape index (κ1) is 10.9. The van der Waals surface area contributed by atoms with E-state index in [1.54, 1.807) is 24.3 Å². The van der Waals surface area contributed by atoms with Crippen LogP contribution in [0.5, 0.6) is 5.75 Å². The van der Waals surface area contributed by atoms with Gasteiger partial charge in [0.15, 0.2) is 5.75 Å². The number of anilines is 2. The summed E-state index contributed by atoms with van der Waals surface area (Å²) in [6.45, 7) is 0. The molecule has 0 aliphatic rings. The zero-order valence-corrected chi connectivity index (χ0v) is 8.83. The van der Waals surface area contributed by atoms with E-state index in [9.17, 15) is 15.2 Å². The van der Waals surface area contributed by atoms with Crippen LogP contribution < -0.4 is 5.32 Å². The van der Waals surface area contributed by atoms with Gasteiger partial charge in [0.2, 0.25) is 0 Å². The average molecular weight is 230 g/mol. The van der Waals surface area contributed by atoms with Gasteiger partial charge in [-0.3, -0.25) is 10.1 Å². The van der Waals surface area contributed by atoms with Gasteiger partial charge in [-0.1, -0.05) is 24.3 Å². The number of para-hydroxylation sites is 2. The highest BCUT2D eigenvalue weighted by atomic mass is 16.6. The quantitative estimate of drug-likeness (QED) is 0.627. The van der Waals surface area contributed by atoms with E-state index in [1.807, 2.05) is 18.2 Å². The van der Waals surface area contributed by atoms with Gasteiger partial charge >= 0.3 is 5.69 Å². The van der Waals surface area contributed by atoms with Crippen LogP contribution in [0.1, 0.15) is 0 Å². The van der Waals surface area contributed by atoms with Crippen molar-refractivity contribution in [3.63, 3.8) is 0 Å². The Balaban J connectivity index is 2.40. The van der Waals surface area contributed by atoms with Gasteiger partial charge in [-0.15, -0.1) is 0 Å². The number of hydrogen-bond acceptors (Lipinski definition) is 4. The van der Waals surface area contributed by atoms with Gasteiger partial charge in [0, 0.05) is 5.69 Å². The van der Waals surface area contributed by atoms with Gasteiger partial charge in [0.25, 0.3) is 0 Å². The molecule has 0 saturated carbocycles. The molecule has 0 aliphatic heterocycles. The molecule has 86 valence electrons. The lowest BCUT2D eigenvalue weighted by molar-refractivity contribution is -0.384. The highest BCUT2D eigenvalue weighted by Crippen LogP contribution is 2.35. The van der Waals surface area contributed by atoms with E-state index >= 15 is 0 Å². The monoisotopic (exact) mass is 230 g/mol. The lowest BCUT2D eigenvalue weighted by Gasteiger charge is -2.07. The fraction of sp³-hybridized carbons (Fsp3) is 0. The molecule has 0 saturated heterocycles. The Hall–Kier alpha value is -2.56. The van der Waals surface area contributed by atoms with Crippen LogP contribution in [0, 0.1) is 10.1 Å². The minimum absolute atomic E-state index is 0.265. The summed E-state index contributed by atoms with van der Waals surface area (Å²) in [6.07, 6.45) is 0. The lowest BCUT2D eigenvalue weighted by Crippen LogP contribution is -1.97. The zero-order valence-electron chi connectivity index (χ0n) is 8.83. The van der Waals surface area contributed by atoms with Crippen LogP contribution >= 0.6 is 0 Å². The minimum atomic E-state index is -0.611. The topological polar surface area (TPSA) is 75.4 Å². The summed E-state index contributed by atoms with van der Waals surface area (Å²) >= 11 is 0. The number of nitro benzene ring substituents is 1. The standard InChI is InChI=1S/C12H10N2O3/c15-11-8-4-7-10(12(11)14(16)17)13-9-5-2-1-3-6-9/h1-8,13,15H. The van der Waals surface area contributed by atoms with Crippen molar-refractivity contribution in [3.8, 4) is 5.75 Å². The number of nitrogens with zero attached hydrogens (tertiary/aromatic N) is 1. The second-order valence-corrected chi connectivity index (χ2v) is 3.42. The third-order valence-corrected chi connectivity index (χ3v) is 2.25. The molecule has 0 spiro atoms. The Morgan fingerprint density at radius 1 is 1.06 bits per heavy atom. The molecule has 2 aromatic carbocycles. The number of rotatable bonds is 3. The molecule has 0 radical (unpaired) electrons. The van der Waals surface area contributed by atoms with Crippen LogP contribution in [0.2, 0.25) is 0 Å². The van der Waals surface area contributed by atoms with Gasteiger partial charge in [-0.05, 0) is 24.3 Å². The number of benzene rings is 2. The van der Waals surface area contributed by atoms with Crippen molar-refractivity contribution < 1.29 is 10.0 Å². The first-order chi connectivity index (χ1) is 8.18. The molecule has 2 rings (SSSR count). The van der Waals surface area contributed by atoms with Crippen molar-refractivity contribution in [1.29, 1.82) is 0 Å². The van der Waals surface area contributed by atoms with Crippen LogP contribution in [-0.2, 0) is 0 Å². The van der Waals surface area contributed by atoms with Gasteiger partial charge in [-0.25, -0.2) is 0 Å². The number of phenols is 1. The summed E-state index contributed by atoms with van der Waals surface area (Å²) in [5.41, 5.74) is 0.666. The zero-order chi connectivity index (χ0) is 12.3. The summed E-state index contributed by atoms with van der Waals surface area (Å²) in [6, 6.07) is 13.4. The molecule has 0 atom stereocenters. The molecule has 17 heavy (non-hydrogen) atoms. The molecule has 0 aromatic heterocycles. The van der Waals surface area contributed by atoms with Crippen molar-refractivity contribution in [1.82, 2.24) is 0 Å². The molecule has 0 fully saturated rings. The third kappa shape index (κ3) is 2.34. The van der Waals surface area contributed by atoms with Crippen LogP contribution in [-0.4, -0.2) is 10.0 Å². The molecule has 0 aliphatic carbocycles. The van der Waals surface area contributed by atoms with Crippen LogP contribution in [0.4, 0.5) is 17.1 Å². The van der Waals surface area contributed by atoms with Crippen LogP contribution in [0.15, 0.2) is 48.5 Å². The van der Waals surface area contributed by atoms with E-state index in [2.05, 4.69) is 5.32 Å². The van der Waals surface area contributed by atoms with Crippen molar-refractivity contribution in [2.24, 2.45) is 0 Å². The molecule has 0 heterocycles. The van der Waals surface area contributed by atoms with Gasteiger partial charge in [0.05, 0.1) is 4.92 Å². The average Bonchev–Trinajstić information content (AvgIpc) is 2.30. The molecule has 2 N–H and O–H groups in total. The molecule has 0 bridgehead atoms. The third-order valence-electron chi connectivity index (χ3n) is 2.25. The Morgan fingerprint density at radius 2 is 1.76 bits per heavy atom. The lowest BCUT2D eigenvalue weighted by atomic mass is 10.2. The van der Waals surface area contributed by atoms with E-state index in [0.29, 0.717) is 0 Å². The predicted octanol–water partition coefficient (Wildman–Crippen LogP) is 3.04. The number of aromatic hydroxyl groups is 1. The first-order valence-corrected chi connectivity index (χ1v) is 4.97. The van der Waals surface area contributed by atoms with Crippen LogP contribution in [0.25, 0.3) is 0 Å². The summed E-state index contributed by atoms with van der Waals surface area (Å²) in [5.74, 6) is -0.351. The summed E-state index contributed by atoms with van der Waals surface area (Å²) in [5, 5.41) is 23.2. The minimum Gasteiger partial charge on any atom is -0.502 e. The molecule has 0 amide bonds. The Bertz CT molecular complexity index is 541. The van der Waals surface area contributed by atoms with E-state index in [0.717, 1.165) is 5.69 Å². The predicted molar refractivity (Wildman–Crippen MR) is 64.5 cm³/mol. The van der Waals surface area contributed by atoms with E-state index < -0.39 is 4.92 Å². The fourth-order valence-corrected chi connectivity index (χ4v) is 1.50. The molecular weight excluding hydrogens is 220 g/mol. The Kier molecular flexibility index (Phi) is 2.91. The number of hydrogen-bond donors (Lipinski definition) is 2. The second-order valence-electron chi connectivity index (χ2n) is 3.42. The maximum absolute atomic E-state index is 10.8.